The molecule has 3 heteroatoms. The van der Waals surface area contributed by atoms with Gasteiger partial charge in [0, 0.05) is 12.6 Å². The first kappa shape index (κ1) is 10.5. The number of fused-ring (bicyclic) bond motifs is 1. The van der Waals surface area contributed by atoms with Gasteiger partial charge in [-0.1, -0.05) is 0 Å². The van der Waals surface area contributed by atoms with Gasteiger partial charge in [-0.15, -0.1) is 0 Å². The van der Waals surface area contributed by atoms with E-state index in [2.05, 4.69) is 4.98 Å². The molecular formula is C12H15F2N. The molecule has 1 aliphatic rings. The molecule has 1 aromatic heterocycles. The molecule has 82 valence electrons. The summed E-state index contributed by atoms with van der Waals surface area (Å²) in [6.07, 6.45) is 2.88. The minimum absolute atomic E-state index is 0.0411. The molecule has 0 aliphatic heterocycles. The maximum atomic E-state index is 13.3. The number of alkyl halides is 2. The van der Waals surface area contributed by atoms with Crippen LogP contribution in [0.1, 0.15) is 41.4 Å². The summed E-state index contributed by atoms with van der Waals surface area (Å²) in [5, 5.41) is 0. The van der Waals surface area contributed by atoms with E-state index in [-0.39, 0.29) is 5.69 Å². The predicted molar refractivity (Wildman–Crippen MR) is 55.3 cm³/mol. The van der Waals surface area contributed by atoms with E-state index in [1.807, 2.05) is 6.92 Å². The van der Waals surface area contributed by atoms with E-state index in [0.29, 0.717) is 5.56 Å². The molecule has 1 aromatic rings. The Balaban J connectivity index is 2.64. The summed E-state index contributed by atoms with van der Waals surface area (Å²) in [7, 11) is 0. The van der Waals surface area contributed by atoms with Crippen LogP contribution in [0.2, 0.25) is 0 Å². The standard InChI is InChI=1S/C12H15F2N/c1-7-8(2)11(12(3,13)14)15-10-6-4-5-9(7)10/h4-6H2,1-3H3. The number of pyridine rings is 1. The van der Waals surface area contributed by atoms with Crippen molar-refractivity contribution in [2.45, 2.75) is 46.0 Å². The number of nitrogens with zero attached hydrogens (tertiary/aromatic N) is 1. The molecule has 0 bridgehead atoms. The smallest absolute Gasteiger partial charge is 0.251 e. The molecular weight excluding hydrogens is 196 g/mol. The lowest BCUT2D eigenvalue weighted by molar-refractivity contribution is 0.0118. The van der Waals surface area contributed by atoms with Crippen molar-refractivity contribution in [3.8, 4) is 0 Å². The zero-order chi connectivity index (χ0) is 11.2. The number of hydrogen-bond acceptors (Lipinski definition) is 1. The van der Waals surface area contributed by atoms with Gasteiger partial charge in [-0.3, -0.25) is 4.98 Å². The molecule has 1 nitrogen and oxygen atoms in total. The summed E-state index contributed by atoms with van der Waals surface area (Å²) in [6.45, 7) is 4.59. The van der Waals surface area contributed by atoms with E-state index in [0.717, 1.165) is 37.4 Å². The zero-order valence-electron chi connectivity index (χ0n) is 9.32. The highest BCUT2D eigenvalue weighted by Crippen LogP contribution is 2.34. The topological polar surface area (TPSA) is 12.9 Å². The van der Waals surface area contributed by atoms with Gasteiger partial charge in [-0.05, 0) is 49.8 Å². The fourth-order valence-electron chi connectivity index (χ4n) is 2.31. The van der Waals surface area contributed by atoms with Gasteiger partial charge in [-0.25, -0.2) is 0 Å². The molecule has 0 atom stereocenters. The van der Waals surface area contributed by atoms with E-state index < -0.39 is 5.92 Å². The van der Waals surface area contributed by atoms with E-state index in [1.165, 1.54) is 5.56 Å². The van der Waals surface area contributed by atoms with Crippen LogP contribution in [0.5, 0.6) is 0 Å². The molecule has 0 fully saturated rings. The van der Waals surface area contributed by atoms with Gasteiger partial charge in [0.05, 0.1) is 0 Å². The lowest BCUT2D eigenvalue weighted by Crippen LogP contribution is -2.15. The van der Waals surface area contributed by atoms with E-state index in [9.17, 15) is 8.78 Å². The summed E-state index contributed by atoms with van der Waals surface area (Å²) in [4.78, 5) is 4.13. The highest BCUT2D eigenvalue weighted by molar-refractivity contribution is 5.42. The Bertz CT molecular complexity index is 405. The average molecular weight is 211 g/mol. The Morgan fingerprint density at radius 1 is 1.13 bits per heavy atom. The summed E-state index contributed by atoms with van der Waals surface area (Å²) in [6, 6.07) is 0. The first-order chi connectivity index (χ1) is 6.91. The van der Waals surface area contributed by atoms with Gasteiger partial charge < -0.3 is 0 Å². The number of aromatic nitrogens is 1. The van der Waals surface area contributed by atoms with Crippen LogP contribution in [0.15, 0.2) is 0 Å². The van der Waals surface area contributed by atoms with Gasteiger partial charge in [0.1, 0.15) is 5.69 Å². The Kier molecular flexibility index (Phi) is 2.28. The van der Waals surface area contributed by atoms with Crippen LogP contribution in [-0.2, 0) is 18.8 Å². The fourth-order valence-corrected chi connectivity index (χ4v) is 2.31. The lowest BCUT2D eigenvalue weighted by atomic mass is 9.99. The highest BCUT2D eigenvalue weighted by atomic mass is 19.3. The van der Waals surface area contributed by atoms with E-state index in [4.69, 9.17) is 0 Å². The van der Waals surface area contributed by atoms with E-state index >= 15 is 0 Å². The third-order valence-electron chi connectivity index (χ3n) is 3.22. The molecule has 0 N–H and O–H groups in total. The number of hydrogen-bond donors (Lipinski definition) is 0. The molecule has 0 saturated heterocycles. The number of aryl methyl sites for hydroxylation is 1. The third kappa shape index (κ3) is 1.64. The normalized spacial score (nSPS) is 15.5. The van der Waals surface area contributed by atoms with Crippen LogP contribution in [0.3, 0.4) is 0 Å². The molecule has 0 radical (unpaired) electrons. The monoisotopic (exact) mass is 211 g/mol. The SMILES string of the molecule is Cc1c(C(C)(F)F)nc2c(c1C)CCC2. The number of halogens is 2. The summed E-state index contributed by atoms with van der Waals surface area (Å²) < 4.78 is 26.6. The molecule has 15 heavy (non-hydrogen) atoms. The minimum Gasteiger partial charge on any atom is -0.251 e. The van der Waals surface area contributed by atoms with Gasteiger partial charge in [0.25, 0.3) is 5.92 Å². The fraction of sp³-hybridized carbons (Fsp3) is 0.583. The molecule has 0 saturated carbocycles. The molecule has 1 aliphatic carbocycles. The van der Waals surface area contributed by atoms with Crippen molar-refractivity contribution in [2.24, 2.45) is 0 Å². The van der Waals surface area contributed by atoms with Crippen molar-refractivity contribution in [3.63, 3.8) is 0 Å². The van der Waals surface area contributed by atoms with Crippen molar-refractivity contribution in [2.75, 3.05) is 0 Å². The zero-order valence-corrected chi connectivity index (χ0v) is 9.32. The van der Waals surface area contributed by atoms with Crippen molar-refractivity contribution in [1.29, 1.82) is 0 Å². The second-order valence-electron chi connectivity index (χ2n) is 4.38. The van der Waals surface area contributed by atoms with Gasteiger partial charge in [-0.2, -0.15) is 8.78 Å². The maximum Gasteiger partial charge on any atom is 0.287 e. The molecule has 0 spiro atoms. The molecule has 2 rings (SSSR count). The lowest BCUT2D eigenvalue weighted by Gasteiger charge is -2.17. The number of rotatable bonds is 1. The summed E-state index contributed by atoms with van der Waals surface area (Å²) in [5.41, 5.74) is 3.70. The first-order valence-corrected chi connectivity index (χ1v) is 5.28. The average Bonchev–Trinajstić information content (AvgIpc) is 2.57. The third-order valence-corrected chi connectivity index (χ3v) is 3.22. The first-order valence-electron chi connectivity index (χ1n) is 5.28. The molecule has 0 amide bonds. The molecule has 0 unspecified atom stereocenters. The van der Waals surface area contributed by atoms with Gasteiger partial charge in [0.15, 0.2) is 0 Å². The second-order valence-corrected chi connectivity index (χ2v) is 4.38. The quantitative estimate of drug-likeness (QED) is 0.694. The second kappa shape index (κ2) is 3.26. The summed E-state index contributed by atoms with van der Waals surface area (Å²) >= 11 is 0. The maximum absolute atomic E-state index is 13.3. The predicted octanol–water partition coefficient (Wildman–Crippen LogP) is 3.30. The van der Waals surface area contributed by atoms with Crippen molar-refractivity contribution >= 4 is 0 Å². The van der Waals surface area contributed by atoms with Gasteiger partial charge in [0.2, 0.25) is 0 Å². The Morgan fingerprint density at radius 3 is 2.40 bits per heavy atom. The van der Waals surface area contributed by atoms with Crippen LogP contribution in [0.25, 0.3) is 0 Å². The molecule has 1 heterocycles. The van der Waals surface area contributed by atoms with Crippen LogP contribution < -0.4 is 0 Å². The van der Waals surface area contributed by atoms with Crippen molar-refractivity contribution in [3.05, 3.63) is 28.1 Å². The summed E-state index contributed by atoms with van der Waals surface area (Å²) in [5.74, 6) is -2.83. The minimum atomic E-state index is -2.83. The Morgan fingerprint density at radius 2 is 1.80 bits per heavy atom. The highest BCUT2D eigenvalue weighted by Gasteiger charge is 2.31. The van der Waals surface area contributed by atoms with Crippen LogP contribution >= 0.6 is 0 Å². The molecule has 0 aromatic carbocycles. The Labute approximate surface area is 88.5 Å². The van der Waals surface area contributed by atoms with Crippen molar-refractivity contribution in [1.82, 2.24) is 4.98 Å². The Hall–Kier alpha value is -0.990. The van der Waals surface area contributed by atoms with Crippen LogP contribution in [0, 0.1) is 13.8 Å². The van der Waals surface area contributed by atoms with Crippen molar-refractivity contribution < 1.29 is 8.78 Å². The van der Waals surface area contributed by atoms with Gasteiger partial charge >= 0.3 is 0 Å². The van der Waals surface area contributed by atoms with Crippen LogP contribution in [0.4, 0.5) is 8.78 Å². The largest absolute Gasteiger partial charge is 0.287 e. The van der Waals surface area contributed by atoms with Crippen LogP contribution in [-0.4, -0.2) is 4.98 Å². The van der Waals surface area contributed by atoms with E-state index in [1.54, 1.807) is 6.92 Å².